The SMILES string of the molecule is CN(CCC(=O)O)C(=O)NCc1ccc(N2CCCCCC2)nc1. The summed E-state index contributed by atoms with van der Waals surface area (Å²) >= 11 is 0. The molecule has 7 nitrogen and oxygen atoms in total. The highest BCUT2D eigenvalue weighted by Gasteiger charge is 2.12. The van der Waals surface area contributed by atoms with Crippen molar-refractivity contribution >= 4 is 17.8 Å². The lowest BCUT2D eigenvalue weighted by Gasteiger charge is -2.21. The fourth-order valence-electron chi connectivity index (χ4n) is 2.69. The van der Waals surface area contributed by atoms with E-state index in [-0.39, 0.29) is 19.0 Å². The summed E-state index contributed by atoms with van der Waals surface area (Å²) in [6, 6.07) is 3.69. The minimum atomic E-state index is -0.914. The fourth-order valence-corrected chi connectivity index (χ4v) is 2.69. The van der Waals surface area contributed by atoms with E-state index in [1.807, 2.05) is 12.1 Å². The molecule has 1 aliphatic rings. The third-order valence-corrected chi connectivity index (χ3v) is 4.19. The van der Waals surface area contributed by atoms with E-state index in [1.165, 1.54) is 30.6 Å². The van der Waals surface area contributed by atoms with Gasteiger partial charge in [-0.25, -0.2) is 9.78 Å². The molecule has 1 aromatic rings. The van der Waals surface area contributed by atoms with E-state index in [1.54, 1.807) is 13.2 Å². The van der Waals surface area contributed by atoms with Gasteiger partial charge >= 0.3 is 12.0 Å². The second-order valence-corrected chi connectivity index (χ2v) is 6.15. The van der Waals surface area contributed by atoms with E-state index in [0.717, 1.165) is 24.5 Å². The van der Waals surface area contributed by atoms with Crippen LogP contribution in [0.15, 0.2) is 18.3 Å². The molecule has 0 aliphatic carbocycles. The molecule has 2 amide bonds. The summed E-state index contributed by atoms with van der Waals surface area (Å²) in [5.74, 6) is 0.0773. The second-order valence-electron chi connectivity index (χ2n) is 6.15. The van der Waals surface area contributed by atoms with Gasteiger partial charge in [0.2, 0.25) is 0 Å². The quantitative estimate of drug-likeness (QED) is 0.832. The second kappa shape index (κ2) is 9.10. The minimum absolute atomic E-state index is 0.0595. The van der Waals surface area contributed by atoms with Gasteiger partial charge in [-0.2, -0.15) is 0 Å². The van der Waals surface area contributed by atoms with Crippen LogP contribution >= 0.6 is 0 Å². The highest BCUT2D eigenvalue weighted by molar-refractivity contribution is 5.75. The molecule has 2 N–H and O–H groups in total. The molecule has 0 radical (unpaired) electrons. The molecule has 1 aromatic heterocycles. The van der Waals surface area contributed by atoms with Crippen molar-refractivity contribution in [2.45, 2.75) is 38.6 Å². The van der Waals surface area contributed by atoms with Crippen LogP contribution in [0.3, 0.4) is 0 Å². The van der Waals surface area contributed by atoms with Gasteiger partial charge in [-0.05, 0) is 24.5 Å². The molecule has 0 saturated carbocycles. The molecule has 1 saturated heterocycles. The van der Waals surface area contributed by atoms with E-state index in [4.69, 9.17) is 5.11 Å². The normalized spacial score (nSPS) is 14.8. The van der Waals surface area contributed by atoms with Crippen LogP contribution in [0, 0.1) is 0 Å². The molecule has 24 heavy (non-hydrogen) atoms. The fraction of sp³-hybridized carbons (Fsp3) is 0.588. The standard InChI is InChI=1S/C17H26N4O3/c1-20(11-8-16(22)23)17(24)19-13-14-6-7-15(18-12-14)21-9-4-2-3-5-10-21/h6-7,12H,2-5,8-11,13H2,1H3,(H,19,24)(H,22,23). The van der Waals surface area contributed by atoms with Crippen molar-refractivity contribution in [1.29, 1.82) is 0 Å². The molecule has 0 aromatic carbocycles. The molecule has 0 bridgehead atoms. The number of aromatic nitrogens is 1. The topological polar surface area (TPSA) is 85.8 Å². The molecule has 7 heteroatoms. The highest BCUT2D eigenvalue weighted by Crippen LogP contribution is 2.17. The van der Waals surface area contributed by atoms with Gasteiger partial charge in [0.15, 0.2) is 0 Å². The zero-order chi connectivity index (χ0) is 17.4. The van der Waals surface area contributed by atoms with E-state index in [2.05, 4.69) is 15.2 Å². The van der Waals surface area contributed by atoms with E-state index < -0.39 is 5.97 Å². The number of nitrogens with one attached hydrogen (secondary N) is 1. The number of rotatable bonds is 6. The highest BCUT2D eigenvalue weighted by atomic mass is 16.4. The summed E-state index contributed by atoms with van der Waals surface area (Å²) in [5, 5.41) is 11.4. The minimum Gasteiger partial charge on any atom is -0.481 e. The smallest absolute Gasteiger partial charge is 0.317 e. The van der Waals surface area contributed by atoms with Crippen LogP contribution in [-0.2, 0) is 11.3 Å². The van der Waals surface area contributed by atoms with Crippen molar-refractivity contribution in [2.24, 2.45) is 0 Å². The van der Waals surface area contributed by atoms with Crippen LogP contribution < -0.4 is 10.2 Å². The van der Waals surface area contributed by atoms with Gasteiger partial charge in [0.1, 0.15) is 5.82 Å². The molecule has 2 heterocycles. The van der Waals surface area contributed by atoms with Gasteiger partial charge in [0.25, 0.3) is 0 Å². The van der Waals surface area contributed by atoms with Gasteiger partial charge in [0.05, 0.1) is 6.42 Å². The summed E-state index contributed by atoms with van der Waals surface area (Å²) in [6.45, 7) is 2.67. The van der Waals surface area contributed by atoms with Crippen LogP contribution in [-0.4, -0.2) is 53.7 Å². The monoisotopic (exact) mass is 334 g/mol. The van der Waals surface area contributed by atoms with Crippen LogP contribution in [0.5, 0.6) is 0 Å². The molecule has 1 aliphatic heterocycles. The van der Waals surface area contributed by atoms with Crippen molar-refractivity contribution < 1.29 is 14.7 Å². The summed E-state index contributed by atoms with van der Waals surface area (Å²) in [4.78, 5) is 30.6. The van der Waals surface area contributed by atoms with Crippen molar-refractivity contribution in [1.82, 2.24) is 15.2 Å². The average Bonchev–Trinajstić information content (AvgIpc) is 2.87. The maximum Gasteiger partial charge on any atom is 0.317 e. The number of hydrogen-bond acceptors (Lipinski definition) is 4. The Kier molecular flexibility index (Phi) is 6.84. The molecular weight excluding hydrogens is 308 g/mol. The molecule has 1 fully saturated rings. The van der Waals surface area contributed by atoms with Crippen LogP contribution in [0.25, 0.3) is 0 Å². The largest absolute Gasteiger partial charge is 0.481 e. The lowest BCUT2D eigenvalue weighted by atomic mass is 10.2. The van der Waals surface area contributed by atoms with E-state index >= 15 is 0 Å². The number of hydrogen-bond donors (Lipinski definition) is 2. The number of carboxylic acid groups (broad SMARTS) is 1. The summed E-state index contributed by atoms with van der Waals surface area (Å²) in [6.07, 6.45) is 6.73. The van der Waals surface area contributed by atoms with Crippen LogP contribution in [0.4, 0.5) is 10.6 Å². The Bertz CT molecular complexity index is 539. The number of carbonyl (C=O) groups is 2. The molecule has 0 unspecified atom stereocenters. The number of amides is 2. The number of nitrogens with zero attached hydrogens (tertiary/aromatic N) is 3. The average molecular weight is 334 g/mol. The Morgan fingerprint density at radius 2 is 1.96 bits per heavy atom. The number of anilines is 1. The Morgan fingerprint density at radius 1 is 1.25 bits per heavy atom. The number of carboxylic acids is 1. The van der Waals surface area contributed by atoms with Crippen molar-refractivity contribution in [3.63, 3.8) is 0 Å². The zero-order valence-corrected chi connectivity index (χ0v) is 14.2. The number of pyridine rings is 1. The summed E-state index contributed by atoms with van der Waals surface area (Å²) in [5.41, 5.74) is 0.925. The Hall–Kier alpha value is -2.31. The van der Waals surface area contributed by atoms with Gasteiger partial charge in [-0.15, -0.1) is 0 Å². The molecular formula is C17H26N4O3. The van der Waals surface area contributed by atoms with Crippen LogP contribution in [0.1, 0.15) is 37.7 Å². The predicted molar refractivity (Wildman–Crippen MR) is 92.0 cm³/mol. The summed E-state index contributed by atoms with van der Waals surface area (Å²) in [7, 11) is 1.58. The maximum atomic E-state index is 11.9. The molecule has 2 rings (SSSR count). The van der Waals surface area contributed by atoms with Crippen LogP contribution in [0.2, 0.25) is 0 Å². The van der Waals surface area contributed by atoms with Gasteiger partial charge in [-0.1, -0.05) is 18.9 Å². The Balaban J connectivity index is 1.80. The lowest BCUT2D eigenvalue weighted by Crippen LogP contribution is -2.38. The van der Waals surface area contributed by atoms with Gasteiger partial charge in [-0.3, -0.25) is 4.79 Å². The zero-order valence-electron chi connectivity index (χ0n) is 14.2. The first kappa shape index (κ1) is 18.0. The lowest BCUT2D eigenvalue weighted by molar-refractivity contribution is -0.137. The molecule has 0 atom stereocenters. The third kappa shape index (κ3) is 5.72. The number of aliphatic carboxylic acids is 1. The molecule has 0 spiro atoms. The number of carbonyl (C=O) groups excluding carboxylic acids is 1. The molecule has 132 valence electrons. The van der Waals surface area contributed by atoms with Gasteiger partial charge in [0, 0.05) is 39.4 Å². The first-order valence-electron chi connectivity index (χ1n) is 8.47. The van der Waals surface area contributed by atoms with E-state index in [9.17, 15) is 9.59 Å². The first-order valence-corrected chi connectivity index (χ1v) is 8.47. The Labute approximate surface area is 142 Å². The van der Waals surface area contributed by atoms with Crippen molar-refractivity contribution in [3.8, 4) is 0 Å². The number of urea groups is 1. The Morgan fingerprint density at radius 3 is 2.54 bits per heavy atom. The van der Waals surface area contributed by atoms with Crippen molar-refractivity contribution in [3.05, 3.63) is 23.9 Å². The maximum absolute atomic E-state index is 11.9. The summed E-state index contributed by atoms with van der Waals surface area (Å²) < 4.78 is 0. The predicted octanol–water partition coefficient (Wildman–Crippen LogP) is 2.08. The van der Waals surface area contributed by atoms with Gasteiger partial charge < -0.3 is 20.2 Å². The van der Waals surface area contributed by atoms with E-state index in [0.29, 0.717) is 6.54 Å². The van der Waals surface area contributed by atoms with Crippen molar-refractivity contribution in [2.75, 3.05) is 31.6 Å². The first-order chi connectivity index (χ1) is 11.6. The third-order valence-electron chi connectivity index (χ3n) is 4.19.